The topological polar surface area (TPSA) is 64.9 Å². The number of aryl methyl sites for hydroxylation is 1. The van der Waals surface area contributed by atoms with Gasteiger partial charge < -0.3 is 14.0 Å². The molecule has 160 valence electrons. The highest BCUT2D eigenvalue weighted by Crippen LogP contribution is 2.34. The van der Waals surface area contributed by atoms with Gasteiger partial charge in [0.1, 0.15) is 0 Å². The average Bonchev–Trinajstić information content (AvgIpc) is 3.30. The molecule has 1 aromatic heterocycles. The lowest BCUT2D eigenvalue weighted by atomic mass is 10.1. The summed E-state index contributed by atoms with van der Waals surface area (Å²) in [5.41, 5.74) is 4.69. The van der Waals surface area contributed by atoms with Gasteiger partial charge in [-0.3, -0.25) is 4.79 Å². The van der Waals surface area contributed by atoms with Crippen molar-refractivity contribution in [3.63, 3.8) is 0 Å². The molecular formula is C22H18F3N3O3. The highest BCUT2D eigenvalue weighted by Gasteiger charge is 2.30. The molecule has 0 saturated heterocycles. The Balaban J connectivity index is 1.52. The first kappa shape index (κ1) is 20.5. The Kier molecular flexibility index (Phi) is 5.18. The van der Waals surface area contributed by atoms with Crippen LogP contribution in [-0.4, -0.2) is 23.5 Å². The maximum atomic E-state index is 12.8. The lowest BCUT2D eigenvalue weighted by molar-refractivity contribution is -0.137. The Hall–Kier alpha value is -3.75. The van der Waals surface area contributed by atoms with Crippen molar-refractivity contribution in [2.24, 2.45) is 5.10 Å². The van der Waals surface area contributed by atoms with Gasteiger partial charge >= 0.3 is 6.18 Å². The molecule has 2 heterocycles. The third-order valence-electron chi connectivity index (χ3n) is 4.91. The van der Waals surface area contributed by atoms with Crippen molar-refractivity contribution >= 4 is 12.1 Å². The average molecular weight is 429 g/mol. The molecule has 4 rings (SSSR count). The molecule has 2 aromatic carbocycles. The van der Waals surface area contributed by atoms with Gasteiger partial charge in [-0.2, -0.15) is 18.3 Å². The summed E-state index contributed by atoms with van der Waals surface area (Å²) >= 11 is 0. The third-order valence-corrected chi connectivity index (χ3v) is 4.91. The van der Waals surface area contributed by atoms with Gasteiger partial charge in [-0.15, -0.1) is 0 Å². The fourth-order valence-electron chi connectivity index (χ4n) is 3.40. The number of nitrogens with one attached hydrogen (secondary N) is 1. The number of nitrogens with zero attached hydrogens (tertiary/aromatic N) is 2. The van der Waals surface area contributed by atoms with Crippen LogP contribution in [0.15, 0.2) is 53.6 Å². The number of carbonyl (C=O) groups is 1. The van der Waals surface area contributed by atoms with Crippen molar-refractivity contribution < 1.29 is 27.4 Å². The minimum Gasteiger partial charge on any atom is -0.454 e. The lowest BCUT2D eigenvalue weighted by Crippen LogP contribution is -2.18. The third kappa shape index (κ3) is 4.11. The number of aromatic nitrogens is 1. The van der Waals surface area contributed by atoms with Crippen molar-refractivity contribution in [1.82, 2.24) is 9.99 Å². The van der Waals surface area contributed by atoms with Gasteiger partial charge in [0.2, 0.25) is 6.79 Å². The summed E-state index contributed by atoms with van der Waals surface area (Å²) in [4.78, 5) is 12.2. The molecule has 3 aromatic rings. The summed E-state index contributed by atoms with van der Waals surface area (Å²) in [5.74, 6) is 0.616. The van der Waals surface area contributed by atoms with Crippen LogP contribution in [0.1, 0.15) is 32.9 Å². The predicted octanol–water partition coefficient (Wildman–Crippen LogP) is 4.61. The van der Waals surface area contributed by atoms with Crippen LogP contribution in [0.4, 0.5) is 13.2 Å². The maximum Gasteiger partial charge on any atom is 0.416 e. The van der Waals surface area contributed by atoms with E-state index in [4.69, 9.17) is 9.47 Å². The smallest absolute Gasteiger partial charge is 0.416 e. The Morgan fingerprint density at radius 3 is 2.65 bits per heavy atom. The molecule has 0 fully saturated rings. The molecule has 0 spiro atoms. The van der Waals surface area contributed by atoms with Gasteiger partial charge in [0.25, 0.3) is 5.91 Å². The number of fused-ring (bicyclic) bond motifs is 1. The molecule has 0 aliphatic carbocycles. The summed E-state index contributed by atoms with van der Waals surface area (Å²) in [5, 5.41) is 3.91. The number of rotatable bonds is 4. The van der Waals surface area contributed by atoms with Crippen LogP contribution in [0.2, 0.25) is 0 Å². The van der Waals surface area contributed by atoms with Crippen molar-refractivity contribution in [3.05, 3.63) is 76.6 Å². The molecular weight excluding hydrogens is 411 g/mol. The molecule has 0 atom stereocenters. The minimum atomic E-state index is -4.52. The maximum absolute atomic E-state index is 12.8. The van der Waals surface area contributed by atoms with E-state index < -0.39 is 17.6 Å². The second kappa shape index (κ2) is 7.82. The number of alkyl halides is 3. The molecule has 1 aliphatic heterocycles. The molecule has 1 N–H and O–H groups in total. The van der Waals surface area contributed by atoms with E-state index in [-0.39, 0.29) is 12.4 Å². The second-order valence-electron chi connectivity index (χ2n) is 6.98. The number of ether oxygens (including phenoxy) is 2. The van der Waals surface area contributed by atoms with Crippen LogP contribution < -0.4 is 14.9 Å². The molecule has 6 nitrogen and oxygen atoms in total. The standard InChI is InChI=1S/C22H18F3N3O3/c1-13-8-16(14(2)28(13)18-6-7-19-20(10-18)31-12-30-19)11-26-27-21(29)15-4-3-5-17(9-15)22(23,24)25/h3-11H,12H2,1-2H3,(H,27,29)/b26-11-. The van der Waals surface area contributed by atoms with E-state index in [0.717, 1.165) is 34.8 Å². The highest BCUT2D eigenvalue weighted by atomic mass is 19.4. The Labute approximate surface area is 175 Å². The number of benzene rings is 2. The number of hydrogen-bond acceptors (Lipinski definition) is 4. The first-order valence-electron chi connectivity index (χ1n) is 9.33. The number of amides is 1. The SMILES string of the molecule is Cc1cc(/C=N\NC(=O)c2cccc(C(F)(F)F)c2)c(C)n1-c1ccc2c(c1)OCO2. The molecule has 9 heteroatoms. The van der Waals surface area contributed by atoms with Crippen LogP contribution in [0.3, 0.4) is 0 Å². The fraction of sp³-hybridized carbons (Fsp3) is 0.182. The number of carbonyl (C=O) groups excluding carboxylic acids is 1. The summed E-state index contributed by atoms with van der Waals surface area (Å²) in [6.07, 6.45) is -3.07. The zero-order valence-electron chi connectivity index (χ0n) is 16.7. The summed E-state index contributed by atoms with van der Waals surface area (Å²) in [6.45, 7) is 4.01. The van der Waals surface area contributed by atoms with Crippen LogP contribution in [0.25, 0.3) is 5.69 Å². The second-order valence-corrected chi connectivity index (χ2v) is 6.98. The monoisotopic (exact) mass is 429 g/mol. The van der Waals surface area contributed by atoms with Gasteiger partial charge in [-0.05, 0) is 50.2 Å². The first-order valence-corrected chi connectivity index (χ1v) is 9.33. The fourth-order valence-corrected chi connectivity index (χ4v) is 3.40. The van der Waals surface area contributed by atoms with E-state index >= 15 is 0 Å². The van der Waals surface area contributed by atoms with Crippen molar-refractivity contribution in [1.29, 1.82) is 0 Å². The van der Waals surface area contributed by atoms with E-state index in [9.17, 15) is 18.0 Å². The normalized spacial score (nSPS) is 13.1. The van der Waals surface area contributed by atoms with E-state index in [1.54, 1.807) is 0 Å². The van der Waals surface area contributed by atoms with Gasteiger partial charge in [0.15, 0.2) is 11.5 Å². The quantitative estimate of drug-likeness (QED) is 0.487. The van der Waals surface area contributed by atoms with Crippen LogP contribution in [-0.2, 0) is 6.18 Å². The lowest BCUT2D eigenvalue weighted by Gasteiger charge is -2.10. The van der Waals surface area contributed by atoms with Gasteiger partial charge in [-0.1, -0.05) is 6.07 Å². The molecule has 31 heavy (non-hydrogen) atoms. The number of halogens is 3. The molecule has 1 amide bonds. The Morgan fingerprint density at radius 1 is 1.10 bits per heavy atom. The predicted molar refractivity (Wildman–Crippen MR) is 108 cm³/mol. The summed E-state index contributed by atoms with van der Waals surface area (Å²) in [7, 11) is 0. The van der Waals surface area contributed by atoms with Gasteiger partial charge in [-0.25, -0.2) is 5.43 Å². The minimum absolute atomic E-state index is 0.127. The number of hydrazone groups is 1. The Bertz CT molecular complexity index is 1180. The zero-order valence-corrected chi connectivity index (χ0v) is 16.7. The van der Waals surface area contributed by atoms with Crippen molar-refractivity contribution in [2.75, 3.05) is 6.79 Å². The molecule has 0 bridgehead atoms. The van der Waals surface area contributed by atoms with Crippen molar-refractivity contribution in [2.45, 2.75) is 20.0 Å². The van der Waals surface area contributed by atoms with Crippen LogP contribution in [0, 0.1) is 13.8 Å². The Morgan fingerprint density at radius 2 is 1.87 bits per heavy atom. The summed E-state index contributed by atoms with van der Waals surface area (Å²) < 4.78 is 51.2. The molecule has 0 unspecified atom stereocenters. The van der Waals surface area contributed by atoms with Crippen LogP contribution >= 0.6 is 0 Å². The van der Waals surface area contributed by atoms with Gasteiger partial charge in [0.05, 0.1) is 11.8 Å². The zero-order chi connectivity index (χ0) is 22.2. The first-order chi connectivity index (χ1) is 14.7. The van der Waals surface area contributed by atoms with Gasteiger partial charge in [0, 0.05) is 34.3 Å². The molecule has 1 aliphatic rings. The van der Waals surface area contributed by atoms with Crippen LogP contribution in [0.5, 0.6) is 11.5 Å². The summed E-state index contributed by atoms with van der Waals surface area (Å²) in [6, 6.07) is 11.7. The van der Waals surface area contributed by atoms with Crippen molar-refractivity contribution in [3.8, 4) is 17.2 Å². The molecule has 0 saturated carbocycles. The number of hydrogen-bond donors (Lipinski definition) is 1. The van der Waals surface area contributed by atoms with E-state index in [1.165, 1.54) is 18.3 Å². The van der Waals surface area contributed by atoms with E-state index in [0.29, 0.717) is 11.5 Å². The highest BCUT2D eigenvalue weighted by molar-refractivity contribution is 5.95. The van der Waals surface area contributed by atoms with E-state index in [1.807, 2.05) is 42.7 Å². The van der Waals surface area contributed by atoms with E-state index in [2.05, 4.69) is 10.5 Å². The molecule has 0 radical (unpaired) electrons. The largest absolute Gasteiger partial charge is 0.454 e.